The summed E-state index contributed by atoms with van der Waals surface area (Å²) in [6, 6.07) is 0. The Kier molecular flexibility index (Phi) is 22.8. The number of unbranched alkanes of at least 4 members (excludes halogenated alkanes) is 20. The van der Waals surface area contributed by atoms with Crippen LogP contribution in [0.2, 0.25) is 0 Å². The first-order valence-corrected chi connectivity index (χ1v) is 13.5. The average Bonchev–Trinajstić information content (AvgIpc) is 2.74. The van der Waals surface area contributed by atoms with Crippen LogP contribution < -0.4 is 0 Å². The molecule has 0 fully saturated rings. The molecule has 0 unspecified atom stereocenters. The second-order valence-corrected chi connectivity index (χ2v) is 9.46. The molecular formula is C27H53NO3. The monoisotopic (exact) mass is 439 g/mol. The lowest BCUT2D eigenvalue weighted by Gasteiger charge is -2.14. The van der Waals surface area contributed by atoms with Crippen molar-refractivity contribution in [2.45, 2.75) is 148 Å². The largest absolute Gasteiger partial charge is 0.480 e. The Bertz CT molecular complexity index is 411. The summed E-state index contributed by atoms with van der Waals surface area (Å²) in [5.41, 5.74) is 0. The first-order chi connectivity index (χ1) is 15.1. The highest BCUT2D eigenvalue weighted by molar-refractivity contribution is 5.80. The number of rotatable bonds is 24. The van der Waals surface area contributed by atoms with E-state index in [0.717, 1.165) is 12.8 Å². The molecule has 0 aromatic carbocycles. The number of aliphatic carboxylic acids is 1. The predicted octanol–water partition coefficient (Wildman–Crippen LogP) is 8.13. The van der Waals surface area contributed by atoms with Crippen LogP contribution in [0.5, 0.6) is 0 Å². The standard InChI is InChI=1S/C27H53NO3/c1-3-4-5-6-7-8-9-10-11-12-13-14-15-16-17-18-19-20-21-22-23-24-26(29)28(2)25-27(30)31/h3-25H2,1-2H3,(H,30,31). The van der Waals surface area contributed by atoms with Gasteiger partial charge in [0, 0.05) is 13.5 Å². The summed E-state index contributed by atoms with van der Waals surface area (Å²) in [6.45, 7) is 2.09. The molecule has 0 aliphatic rings. The van der Waals surface area contributed by atoms with Crippen LogP contribution in [0.1, 0.15) is 148 Å². The first-order valence-electron chi connectivity index (χ1n) is 13.5. The van der Waals surface area contributed by atoms with Gasteiger partial charge in [-0.05, 0) is 6.42 Å². The topological polar surface area (TPSA) is 57.6 Å². The second kappa shape index (κ2) is 23.6. The predicted molar refractivity (Wildman–Crippen MR) is 133 cm³/mol. The Morgan fingerprint density at radius 1 is 0.548 bits per heavy atom. The van der Waals surface area contributed by atoms with Gasteiger partial charge in [0.05, 0.1) is 0 Å². The van der Waals surface area contributed by atoms with Gasteiger partial charge in [-0.15, -0.1) is 0 Å². The second-order valence-electron chi connectivity index (χ2n) is 9.46. The number of carbonyl (C=O) groups excluding carboxylic acids is 1. The number of nitrogens with zero attached hydrogens (tertiary/aromatic N) is 1. The van der Waals surface area contributed by atoms with E-state index in [9.17, 15) is 9.59 Å². The lowest BCUT2D eigenvalue weighted by molar-refractivity contribution is -0.143. The molecule has 0 aromatic heterocycles. The summed E-state index contributed by atoms with van der Waals surface area (Å²) in [6.07, 6.45) is 28.9. The quantitative estimate of drug-likeness (QED) is 0.154. The van der Waals surface area contributed by atoms with Crippen LogP contribution in [-0.4, -0.2) is 35.5 Å². The van der Waals surface area contributed by atoms with Gasteiger partial charge < -0.3 is 10.0 Å². The molecule has 0 heterocycles. The third-order valence-corrected chi connectivity index (χ3v) is 6.29. The number of hydrogen-bond acceptors (Lipinski definition) is 2. The minimum Gasteiger partial charge on any atom is -0.480 e. The van der Waals surface area contributed by atoms with Crippen LogP contribution in [0, 0.1) is 0 Å². The van der Waals surface area contributed by atoms with Crippen molar-refractivity contribution in [3.63, 3.8) is 0 Å². The minimum absolute atomic E-state index is 0.0554. The third kappa shape index (κ3) is 23.4. The van der Waals surface area contributed by atoms with E-state index in [-0.39, 0.29) is 12.5 Å². The SMILES string of the molecule is CCCCCCCCCCCCCCCCCCCCCCCC(=O)N(C)CC(=O)O. The third-order valence-electron chi connectivity index (χ3n) is 6.29. The summed E-state index contributed by atoms with van der Waals surface area (Å²) in [4.78, 5) is 23.6. The fraction of sp³-hybridized carbons (Fsp3) is 0.926. The van der Waals surface area contributed by atoms with Crippen molar-refractivity contribution in [2.75, 3.05) is 13.6 Å². The molecule has 4 nitrogen and oxygen atoms in total. The molecule has 0 bridgehead atoms. The molecule has 0 saturated heterocycles. The normalized spacial score (nSPS) is 11.0. The summed E-state index contributed by atoms with van der Waals surface area (Å²) in [7, 11) is 1.56. The smallest absolute Gasteiger partial charge is 0.323 e. The van der Waals surface area contributed by atoms with Crippen LogP contribution in [0.25, 0.3) is 0 Å². The van der Waals surface area contributed by atoms with Gasteiger partial charge in [0.1, 0.15) is 6.54 Å². The van der Waals surface area contributed by atoms with Crippen molar-refractivity contribution in [2.24, 2.45) is 0 Å². The van der Waals surface area contributed by atoms with Crippen molar-refractivity contribution in [1.29, 1.82) is 0 Å². The van der Waals surface area contributed by atoms with E-state index in [1.54, 1.807) is 7.05 Å². The highest BCUT2D eigenvalue weighted by atomic mass is 16.4. The van der Waals surface area contributed by atoms with Gasteiger partial charge in [-0.1, -0.05) is 135 Å². The zero-order chi connectivity index (χ0) is 23.0. The van der Waals surface area contributed by atoms with Crippen LogP contribution in [0.4, 0.5) is 0 Å². The van der Waals surface area contributed by atoms with E-state index in [4.69, 9.17) is 5.11 Å². The molecule has 1 N–H and O–H groups in total. The number of amides is 1. The van der Waals surface area contributed by atoms with E-state index in [0.29, 0.717) is 6.42 Å². The minimum atomic E-state index is -0.949. The van der Waals surface area contributed by atoms with Gasteiger partial charge >= 0.3 is 5.97 Å². The highest BCUT2D eigenvalue weighted by Gasteiger charge is 2.11. The van der Waals surface area contributed by atoms with E-state index >= 15 is 0 Å². The number of carboxylic acid groups (broad SMARTS) is 1. The van der Waals surface area contributed by atoms with E-state index < -0.39 is 5.97 Å². The molecule has 0 aromatic rings. The molecule has 4 heteroatoms. The highest BCUT2D eigenvalue weighted by Crippen LogP contribution is 2.15. The zero-order valence-electron chi connectivity index (χ0n) is 21.0. The molecule has 0 aliphatic carbocycles. The Labute approximate surface area is 193 Å². The van der Waals surface area contributed by atoms with E-state index in [1.807, 2.05) is 0 Å². The Morgan fingerprint density at radius 3 is 1.13 bits per heavy atom. The van der Waals surface area contributed by atoms with Crippen LogP contribution in [0.15, 0.2) is 0 Å². The summed E-state index contributed by atoms with van der Waals surface area (Å²) < 4.78 is 0. The first kappa shape index (κ1) is 29.9. The van der Waals surface area contributed by atoms with Gasteiger partial charge in [-0.3, -0.25) is 9.59 Å². The molecule has 184 valence electrons. The van der Waals surface area contributed by atoms with Crippen LogP contribution in [-0.2, 0) is 9.59 Å². The van der Waals surface area contributed by atoms with E-state index in [2.05, 4.69) is 6.92 Å². The molecule has 1 amide bonds. The molecule has 0 spiro atoms. The molecule has 31 heavy (non-hydrogen) atoms. The fourth-order valence-corrected chi connectivity index (χ4v) is 4.19. The maximum absolute atomic E-state index is 11.7. The molecule has 0 saturated carbocycles. The summed E-state index contributed by atoms with van der Waals surface area (Å²) in [5, 5.41) is 8.69. The Hall–Kier alpha value is -1.06. The van der Waals surface area contributed by atoms with Crippen molar-refractivity contribution in [3.8, 4) is 0 Å². The molecule has 0 aliphatic heterocycles. The Morgan fingerprint density at radius 2 is 0.839 bits per heavy atom. The van der Waals surface area contributed by atoms with Gasteiger partial charge in [0.25, 0.3) is 0 Å². The Balaban J connectivity index is 3.15. The van der Waals surface area contributed by atoms with Gasteiger partial charge in [0.2, 0.25) is 5.91 Å². The zero-order valence-corrected chi connectivity index (χ0v) is 21.0. The number of carboxylic acids is 1. The fourth-order valence-electron chi connectivity index (χ4n) is 4.19. The summed E-state index contributed by atoms with van der Waals surface area (Å²) in [5.74, 6) is -1.00. The van der Waals surface area contributed by atoms with Gasteiger partial charge in [-0.25, -0.2) is 0 Å². The van der Waals surface area contributed by atoms with Crippen molar-refractivity contribution < 1.29 is 14.7 Å². The van der Waals surface area contributed by atoms with E-state index in [1.165, 1.54) is 127 Å². The lowest BCUT2D eigenvalue weighted by Crippen LogP contribution is -2.31. The molecule has 0 rings (SSSR count). The summed E-state index contributed by atoms with van der Waals surface area (Å²) >= 11 is 0. The van der Waals surface area contributed by atoms with Gasteiger partial charge in [-0.2, -0.15) is 0 Å². The average molecular weight is 440 g/mol. The van der Waals surface area contributed by atoms with Crippen molar-refractivity contribution in [3.05, 3.63) is 0 Å². The van der Waals surface area contributed by atoms with Gasteiger partial charge in [0.15, 0.2) is 0 Å². The van der Waals surface area contributed by atoms with Crippen LogP contribution in [0.3, 0.4) is 0 Å². The maximum atomic E-state index is 11.7. The maximum Gasteiger partial charge on any atom is 0.323 e. The van der Waals surface area contributed by atoms with Crippen molar-refractivity contribution in [1.82, 2.24) is 4.90 Å². The lowest BCUT2D eigenvalue weighted by atomic mass is 10.0. The number of hydrogen-bond donors (Lipinski definition) is 1. The number of likely N-dealkylation sites (N-methyl/N-ethyl adjacent to an activating group) is 1. The molecule has 0 radical (unpaired) electrons. The molecule has 0 atom stereocenters. The van der Waals surface area contributed by atoms with Crippen LogP contribution >= 0.6 is 0 Å². The number of carbonyl (C=O) groups is 2. The van der Waals surface area contributed by atoms with Crippen molar-refractivity contribution >= 4 is 11.9 Å². The molecular weight excluding hydrogens is 386 g/mol.